The van der Waals surface area contributed by atoms with Gasteiger partial charge in [-0.25, -0.2) is 9.97 Å². The minimum Gasteiger partial charge on any atom is -0.437 e. The summed E-state index contributed by atoms with van der Waals surface area (Å²) in [6, 6.07) is 7.83. The van der Waals surface area contributed by atoms with Crippen molar-refractivity contribution in [2.75, 3.05) is 7.05 Å². The van der Waals surface area contributed by atoms with E-state index in [0.29, 0.717) is 17.0 Å². The number of rotatable bonds is 4. The summed E-state index contributed by atoms with van der Waals surface area (Å²) in [5.41, 5.74) is 2.36. The zero-order valence-electron chi connectivity index (χ0n) is 10.4. The molecule has 1 aromatic carbocycles. The summed E-state index contributed by atoms with van der Waals surface area (Å²) in [4.78, 5) is 15.3. The van der Waals surface area contributed by atoms with Crippen molar-refractivity contribution < 1.29 is 4.74 Å². The standard InChI is InChI=1S/C13H13N5O/c1-14-6-9-4-2-3-5-10(9)19-13-11-12(16-7-15-11)17-8-18-13/h2-5,7-8,14H,6H2,1H3,(H,15,16,17,18). The minimum atomic E-state index is 0.478. The monoisotopic (exact) mass is 255 g/mol. The van der Waals surface area contributed by atoms with E-state index < -0.39 is 0 Å². The van der Waals surface area contributed by atoms with Crippen LogP contribution in [0.25, 0.3) is 11.2 Å². The van der Waals surface area contributed by atoms with Crippen LogP contribution in [0.5, 0.6) is 11.6 Å². The summed E-state index contributed by atoms with van der Waals surface area (Å²) in [5, 5.41) is 3.11. The number of benzene rings is 1. The van der Waals surface area contributed by atoms with E-state index in [4.69, 9.17) is 4.74 Å². The average Bonchev–Trinajstić information content (AvgIpc) is 2.91. The van der Waals surface area contributed by atoms with E-state index in [1.54, 1.807) is 6.33 Å². The van der Waals surface area contributed by atoms with Crippen LogP contribution < -0.4 is 10.1 Å². The van der Waals surface area contributed by atoms with Crippen LogP contribution >= 0.6 is 0 Å². The molecule has 6 heteroatoms. The van der Waals surface area contributed by atoms with Gasteiger partial charge in [0.05, 0.1) is 6.33 Å². The SMILES string of the molecule is CNCc1ccccc1Oc1ncnc2nc[nH]c12. The fourth-order valence-electron chi connectivity index (χ4n) is 1.86. The number of imidazole rings is 1. The van der Waals surface area contributed by atoms with Crippen molar-refractivity contribution in [2.45, 2.75) is 6.54 Å². The number of aromatic amines is 1. The molecule has 0 spiro atoms. The molecule has 2 aromatic heterocycles. The molecule has 2 N–H and O–H groups in total. The van der Waals surface area contributed by atoms with Gasteiger partial charge < -0.3 is 15.0 Å². The Hall–Kier alpha value is -2.47. The maximum Gasteiger partial charge on any atom is 0.248 e. The Morgan fingerprint density at radius 2 is 2.11 bits per heavy atom. The third-order valence-corrected chi connectivity index (χ3v) is 2.73. The topological polar surface area (TPSA) is 75.7 Å². The number of para-hydroxylation sites is 1. The first kappa shape index (κ1) is 11.6. The van der Waals surface area contributed by atoms with Gasteiger partial charge >= 0.3 is 0 Å². The van der Waals surface area contributed by atoms with Crippen molar-refractivity contribution in [3.63, 3.8) is 0 Å². The summed E-state index contributed by atoms with van der Waals surface area (Å²) in [6.07, 6.45) is 3.02. The van der Waals surface area contributed by atoms with Crippen LogP contribution in [0, 0.1) is 0 Å². The van der Waals surface area contributed by atoms with E-state index in [0.717, 1.165) is 17.9 Å². The summed E-state index contributed by atoms with van der Waals surface area (Å²) in [6.45, 7) is 0.730. The van der Waals surface area contributed by atoms with Crippen LogP contribution in [-0.2, 0) is 6.54 Å². The van der Waals surface area contributed by atoms with Gasteiger partial charge in [-0.05, 0) is 13.1 Å². The number of nitrogens with zero attached hydrogens (tertiary/aromatic N) is 3. The number of aromatic nitrogens is 4. The molecule has 19 heavy (non-hydrogen) atoms. The molecule has 3 rings (SSSR count). The van der Waals surface area contributed by atoms with Crippen molar-refractivity contribution in [1.82, 2.24) is 25.3 Å². The molecule has 0 saturated heterocycles. The third kappa shape index (κ3) is 2.25. The molecule has 2 heterocycles. The van der Waals surface area contributed by atoms with Gasteiger partial charge in [0, 0.05) is 12.1 Å². The number of hydrogen-bond donors (Lipinski definition) is 2. The average molecular weight is 255 g/mol. The van der Waals surface area contributed by atoms with E-state index in [1.165, 1.54) is 6.33 Å². The van der Waals surface area contributed by atoms with Gasteiger partial charge in [0.15, 0.2) is 5.65 Å². The Bertz CT molecular complexity index is 694. The lowest BCUT2D eigenvalue weighted by molar-refractivity contribution is 0.459. The van der Waals surface area contributed by atoms with Gasteiger partial charge in [-0.1, -0.05) is 18.2 Å². The van der Waals surface area contributed by atoms with Crippen molar-refractivity contribution >= 4 is 11.2 Å². The molecule has 3 aromatic rings. The fourth-order valence-corrected chi connectivity index (χ4v) is 1.86. The molecule has 96 valence electrons. The summed E-state index contributed by atoms with van der Waals surface area (Å²) in [7, 11) is 1.90. The summed E-state index contributed by atoms with van der Waals surface area (Å²) in [5.74, 6) is 1.25. The lowest BCUT2D eigenvalue weighted by Crippen LogP contribution is -2.06. The Kier molecular flexibility index (Phi) is 3.07. The van der Waals surface area contributed by atoms with E-state index in [9.17, 15) is 0 Å². The number of fused-ring (bicyclic) bond motifs is 1. The first-order valence-corrected chi connectivity index (χ1v) is 5.93. The van der Waals surface area contributed by atoms with Crippen LogP contribution in [0.2, 0.25) is 0 Å². The highest BCUT2D eigenvalue weighted by molar-refractivity contribution is 5.75. The van der Waals surface area contributed by atoms with Crippen molar-refractivity contribution in [3.05, 3.63) is 42.5 Å². The zero-order valence-corrected chi connectivity index (χ0v) is 10.4. The normalized spacial score (nSPS) is 10.8. The lowest BCUT2D eigenvalue weighted by Gasteiger charge is -2.10. The molecule has 0 aliphatic heterocycles. The smallest absolute Gasteiger partial charge is 0.248 e. The maximum absolute atomic E-state index is 5.87. The van der Waals surface area contributed by atoms with Gasteiger partial charge in [0.2, 0.25) is 5.88 Å². The predicted molar refractivity (Wildman–Crippen MR) is 71.0 cm³/mol. The molecule has 6 nitrogen and oxygen atoms in total. The third-order valence-electron chi connectivity index (χ3n) is 2.73. The largest absolute Gasteiger partial charge is 0.437 e. The lowest BCUT2D eigenvalue weighted by atomic mass is 10.2. The van der Waals surface area contributed by atoms with Crippen LogP contribution in [0.4, 0.5) is 0 Å². The molecule has 0 amide bonds. The quantitative estimate of drug-likeness (QED) is 0.744. The van der Waals surface area contributed by atoms with Crippen LogP contribution in [0.3, 0.4) is 0 Å². The molecule has 0 radical (unpaired) electrons. The molecular weight excluding hydrogens is 242 g/mol. The predicted octanol–water partition coefficient (Wildman–Crippen LogP) is 1.86. The second kappa shape index (κ2) is 5.03. The first-order chi connectivity index (χ1) is 9.38. The minimum absolute atomic E-state index is 0.478. The van der Waals surface area contributed by atoms with E-state index in [2.05, 4.69) is 25.3 Å². The molecule has 0 bridgehead atoms. The van der Waals surface area contributed by atoms with Crippen molar-refractivity contribution in [1.29, 1.82) is 0 Å². The number of nitrogens with one attached hydrogen (secondary N) is 2. The van der Waals surface area contributed by atoms with Crippen LogP contribution in [0.15, 0.2) is 36.9 Å². The number of hydrogen-bond acceptors (Lipinski definition) is 5. The second-order valence-corrected chi connectivity index (χ2v) is 4.02. The highest BCUT2D eigenvalue weighted by Gasteiger charge is 2.10. The number of H-pyrrole nitrogens is 1. The van der Waals surface area contributed by atoms with Crippen molar-refractivity contribution in [2.24, 2.45) is 0 Å². The summed E-state index contributed by atoms with van der Waals surface area (Å²) >= 11 is 0. The summed E-state index contributed by atoms with van der Waals surface area (Å²) < 4.78 is 5.87. The molecular formula is C13H13N5O. The fraction of sp³-hybridized carbons (Fsp3) is 0.154. The molecule has 0 atom stereocenters. The van der Waals surface area contributed by atoms with Crippen molar-refractivity contribution in [3.8, 4) is 11.6 Å². The van der Waals surface area contributed by atoms with E-state index in [-0.39, 0.29) is 0 Å². The Morgan fingerprint density at radius 3 is 3.00 bits per heavy atom. The maximum atomic E-state index is 5.87. The van der Waals surface area contributed by atoms with Gasteiger partial charge in [0.25, 0.3) is 0 Å². The van der Waals surface area contributed by atoms with Gasteiger partial charge in [-0.2, -0.15) is 4.98 Å². The van der Waals surface area contributed by atoms with E-state index >= 15 is 0 Å². The highest BCUT2D eigenvalue weighted by atomic mass is 16.5. The Morgan fingerprint density at radius 1 is 1.21 bits per heavy atom. The molecule has 0 saturated carbocycles. The van der Waals surface area contributed by atoms with Crippen LogP contribution in [0.1, 0.15) is 5.56 Å². The van der Waals surface area contributed by atoms with Crippen LogP contribution in [-0.4, -0.2) is 27.0 Å². The molecule has 0 unspecified atom stereocenters. The highest BCUT2D eigenvalue weighted by Crippen LogP contribution is 2.27. The first-order valence-electron chi connectivity index (χ1n) is 5.93. The number of ether oxygens (including phenoxy) is 1. The molecule has 0 aliphatic rings. The van der Waals surface area contributed by atoms with Gasteiger partial charge in [-0.3, -0.25) is 0 Å². The molecule has 0 aliphatic carbocycles. The zero-order chi connectivity index (χ0) is 13.1. The molecule has 0 fully saturated rings. The Labute approximate surface area is 109 Å². The Balaban J connectivity index is 1.99. The van der Waals surface area contributed by atoms with Gasteiger partial charge in [0.1, 0.15) is 17.6 Å². The van der Waals surface area contributed by atoms with E-state index in [1.807, 2.05) is 31.3 Å². The second-order valence-electron chi connectivity index (χ2n) is 4.02. The van der Waals surface area contributed by atoms with Gasteiger partial charge in [-0.15, -0.1) is 0 Å².